The molecule has 1 aliphatic rings. The normalized spacial score (nSPS) is 24.4. The van der Waals surface area contributed by atoms with Gasteiger partial charge in [0.05, 0.1) is 7.11 Å². The van der Waals surface area contributed by atoms with Gasteiger partial charge in [-0.3, -0.25) is 0 Å². The van der Waals surface area contributed by atoms with Crippen molar-refractivity contribution in [3.05, 3.63) is 29.8 Å². The van der Waals surface area contributed by atoms with Crippen LogP contribution in [-0.2, 0) is 0 Å². The maximum Gasteiger partial charge on any atom is 0.123 e. The number of hydrogen-bond donors (Lipinski definition) is 1. The van der Waals surface area contributed by atoms with E-state index in [-0.39, 0.29) is 0 Å². The molecule has 1 aromatic rings. The predicted octanol–water partition coefficient (Wildman–Crippen LogP) is 4.31. The van der Waals surface area contributed by atoms with Gasteiger partial charge >= 0.3 is 0 Å². The van der Waals surface area contributed by atoms with E-state index in [0.29, 0.717) is 12.1 Å². The van der Waals surface area contributed by atoms with Gasteiger partial charge in [-0.1, -0.05) is 38.5 Å². The molecule has 106 valence electrons. The Hall–Kier alpha value is -1.02. The fourth-order valence-electron chi connectivity index (χ4n) is 3.26. The quantitative estimate of drug-likeness (QED) is 0.823. The molecule has 19 heavy (non-hydrogen) atoms. The van der Waals surface area contributed by atoms with E-state index in [0.717, 1.165) is 18.1 Å². The van der Waals surface area contributed by atoms with Crippen LogP contribution in [0.5, 0.6) is 5.75 Å². The molecule has 1 fully saturated rings. The highest BCUT2D eigenvalue weighted by molar-refractivity contribution is 5.35. The molecule has 0 aromatic heterocycles. The van der Waals surface area contributed by atoms with E-state index in [4.69, 9.17) is 4.74 Å². The van der Waals surface area contributed by atoms with Crippen molar-refractivity contribution in [1.29, 1.82) is 0 Å². The van der Waals surface area contributed by atoms with Crippen LogP contribution < -0.4 is 10.1 Å². The van der Waals surface area contributed by atoms with Gasteiger partial charge in [-0.2, -0.15) is 0 Å². The number of para-hydroxylation sites is 1. The topological polar surface area (TPSA) is 21.3 Å². The molecule has 2 nitrogen and oxygen atoms in total. The van der Waals surface area contributed by atoms with Crippen molar-refractivity contribution in [2.45, 2.75) is 58.0 Å². The SMILES string of the molecule is CCC1CCC(NC(CC)c2ccccc2OC)C1. The summed E-state index contributed by atoms with van der Waals surface area (Å²) in [5.74, 6) is 1.93. The molecule has 0 heterocycles. The highest BCUT2D eigenvalue weighted by Gasteiger charge is 2.26. The fourth-order valence-corrected chi connectivity index (χ4v) is 3.26. The van der Waals surface area contributed by atoms with E-state index in [1.165, 1.54) is 31.2 Å². The first-order valence-electron chi connectivity index (χ1n) is 7.67. The Kier molecular flexibility index (Phi) is 5.26. The summed E-state index contributed by atoms with van der Waals surface area (Å²) >= 11 is 0. The Labute approximate surface area is 117 Å². The second kappa shape index (κ2) is 6.95. The van der Waals surface area contributed by atoms with Crippen LogP contribution in [0.4, 0.5) is 0 Å². The number of benzene rings is 1. The third-order valence-electron chi connectivity index (χ3n) is 4.48. The predicted molar refractivity (Wildman–Crippen MR) is 80.6 cm³/mol. The zero-order valence-corrected chi connectivity index (χ0v) is 12.5. The standard InChI is InChI=1S/C17H27NO/c1-4-13-10-11-14(12-13)18-16(5-2)15-8-6-7-9-17(15)19-3/h6-9,13-14,16,18H,4-5,10-12H2,1-3H3. The van der Waals surface area contributed by atoms with Gasteiger partial charge in [0.2, 0.25) is 0 Å². The molecule has 2 rings (SSSR count). The van der Waals surface area contributed by atoms with E-state index < -0.39 is 0 Å². The van der Waals surface area contributed by atoms with Crippen molar-refractivity contribution in [1.82, 2.24) is 5.32 Å². The Morgan fingerprint density at radius 3 is 2.68 bits per heavy atom. The van der Waals surface area contributed by atoms with Gasteiger partial charge in [0, 0.05) is 17.6 Å². The second-order valence-corrected chi connectivity index (χ2v) is 5.65. The molecule has 1 N–H and O–H groups in total. The third kappa shape index (κ3) is 3.50. The molecule has 0 aliphatic heterocycles. The number of ether oxygens (including phenoxy) is 1. The lowest BCUT2D eigenvalue weighted by atomic mass is 10.0. The molecule has 0 amide bonds. The molecule has 0 radical (unpaired) electrons. The molecule has 1 saturated carbocycles. The molecule has 3 unspecified atom stereocenters. The Balaban J connectivity index is 2.04. The molecule has 0 bridgehead atoms. The summed E-state index contributed by atoms with van der Waals surface area (Å²) in [6.07, 6.45) is 6.47. The smallest absolute Gasteiger partial charge is 0.123 e. The van der Waals surface area contributed by atoms with Crippen LogP contribution in [0.15, 0.2) is 24.3 Å². The van der Waals surface area contributed by atoms with Gasteiger partial charge in [-0.15, -0.1) is 0 Å². The third-order valence-corrected chi connectivity index (χ3v) is 4.48. The number of hydrogen-bond acceptors (Lipinski definition) is 2. The van der Waals surface area contributed by atoms with Crippen molar-refractivity contribution in [3.63, 3.8) is 0 Å². The van der Waals surface area contributed by atoms with Crippen LogP contribution in [0, 0.1) is 5.92 Å². The van der Waals surface area contributed by atoms with E-state index in [1.807, 2.05) is 6.07 Å². The van der Waals surface area contributed by atoms with Gasteiger partial charge in [0.25, 0.3) is 0 Å². The molecular weight excluding hydrogens is 234 g/mol. The monoisotopic (exact) mass is 261 g/mol. The fraction of sp³-hybridized carbons (Fsp3) is 0.647. The molecule has 1 aromatic carbocycles. The summed E-state index contributed by atoms with van der Waals surface area (Å²) in [7, 11) is 1.76. The summed E-state index contributed by atoms with van der Waals surface area (Å²) in [6, 6.07) is 9.48. The van der Waals surface area contributed by atoms with Crippen LogP contribution in [-0.4, -0.2) is 13.2 Å². The number of nitrogens with one attached hydrogen (secondary N) is 1. The Morgan fingerprint density at radius 2 is 2.05 bits per heavy atom. The summed E-state index contributed by atoms with van der Waals surface area (Å²) < 4.78 is 5.49. The maximum absolute atomic E-state index is 5.49. The summed E-state index contributed by atoms with van der Waals surface area (Å²) in [6.45, 7) is 4.56. The minimum Gasteiger partial charge on any atom is -0.496 e. The molecule has 2 heteroatoms. The van der Waals surface area contributed by atoms with Gasteiger partial charge < -0.3 is 10.1 Å². The molecular formula is C17H27NO. The number of rotatable bonds is 6. The highest BCUT2D eigenvalue weighted by Crippen LogP contribution is 2.32. The summed E-state index contributed by atoms with van der Waals surface area (Å²) in [5.41, 5.74) is 1.30. The zero-order valence-electron chi connectivity index (χ0n) is 12.5. The first-order chi connectivity index (χ1) is 9.28. The molecule has 0 spiro atoms. The lowest BCUT2D eigenvalue weighted by Crippen LogP contribution is -2.31. The number of methoxy groups -OCH3 is 1. The van der Waals surface area contributed by atoms with E-state index in [2.05, 4.69) is 37.4 Å². The van der Waals surface area contributed by atoms with Crippen molar-refractivity contribution in [3.8, 4) is 5.75 Å². The van der Waals surface area contributed by atoms with Crippen LogP contribution in [0.3, 0.4) is 0 Å². The van der Waals surface area contributed by atoms with Crippen molar-refractivity contribution < 1.29 is 4.74 Å². The Morgan fingerprint density at radius 1 is 1.26 bits per heavy atom. The lowest BCUT2D eigenvalue weighted by Gasteiger charge is -2.24. The molecule has 0 saturated heterocycles. The first kappa shape index (κ1) is 14.4. The Bertz CT molecular complexity index is 391. The van der Waals surface area contributed by atoms with E-state index >= 15 is 0 Å². The summed E-state index contributed by atoms with van der Waals surface area (Å²) in [5, 5.41) is 3.84. The first-order valence-corrected chi connectivity index (χ1v) is 7.67. The van der Waals surface area contributed by atoms with Crippen molar-refractivity contribution >= 4 is 0 Å². The van der Waals surface area contributed by atoms with Crippen LogP contribution in [0.1, 0.15) is 57.6 Å². The van der Waals surface area contributed by atoms with Gasteiger partial charge in [-0.25, -0.2) is 0 Å². The minimum absolute atomic E-state index is 0.414. The average molecular weight is 261 g/mol. The molecule has 1 aliphatic carbocycles. The van der Waals surface area contributed by atoms with Gasteiger partial charge in [0.1, 0.15) is 5.75 Å². The second-order valence-electron chi connectivity index (χ2n) is 5.65. The summed E-state index contributed by atoms with van der Waals surface area (Å²) in [4.78, 5) is 0. The zero-order chi connectivity index (χ0) is 13.7. The van der Waals surface area contributed by atoms with Crippen LogP contribution in [0.25, 0.3) is 0 Å². The van der Waals surface area contributed by atoms with Crippen molar-refractivity contribution in [2.75, 3.05) is 7.11 Å². The minimum atomic E-state index is 0.414. The maximum atomic E-state index is 5.49. The van der Waals surface area contributed by atoms with Gasteiger partial charge in [0.15, 0.2) is 0 Å². The van der Waals surface area contributed by atoms with Crippen molar-refractivity contribution in [2.24, 2.45) is 5.92 Å². The van der Waals surface area contributed by atoms with Crippen LogP contribution in [0.2, 0.25) is 0 Å². The highest BCUT2D eigenvalue weighted by atomic mass is 16.5. The molecule has 3 atom stereocenters. The van der Waals surface area contributed by atoms with E-state index in [9.17, 15) is 0 Å². The van der Waals surface area contributed by atoms with E-state index in [1.54, 1.807) is 7.11 Å². The lowest BCUT2D eigenvalue weighted by molar-refractivity contribution is 0.378. The average Bonchev–Trinajstić information content (AvgIpc) is 2.92. The van der Waals surface area contributed by atoms with Crippen LogP contribution >= 0.6 is 0 Å². The largest absolute Gasteiger partial charge is 0.496 e. The van der Waals surface area contributed by atoms with Gasteiger partial charge in [-0.05, 0) is 37.7 Å².